The fraction of sp³-hybridized carbons (Fsp3) is 0.250. The van der Waals surface area contributed by atoms with Crippen molar-refractivity contribution >= 4 is 23.5 Å². The van der Waals surface area contributed by atoms with Gasteiger partial charge in [-0.3, -0.25) is 4.79 Å². The quantitative estimate of drug-likeness (QED) is 0.748. The minimum absolute atomic E-state index is 0.184. The largest absolute Gasteiger partial charge is 0.352 e. The molecule has 8 nitrogen and oxygen atoms in total. The smallest absolute Gasteiger partial charge is 0.257 e. The summed E-state index contributed by atoms with van der Waals surface area (Å²) in [6, 6.07) is 12.9. The maximum Gasteiger partial charge on any atom is 0.257 e. The third kappa shape index (κ3) is 3.90. The number of piperazine rings is 1. The van der Waals surface area contributed by atoms with Crippen LogP contribution in [0, 0.1) is 6.92 Å². The first kappa shape index (κ1) is 17.8. The highest BCUT2D eigenvalue weighted by Crippen LogP contribution is 2.17. The number of aromatic nitrogens is 4. The summed E-state index contributed by atoms with van der Waals surface area (Å²) in [6.07, 6.45) is 3.51. The summed E-state index contributed by atoms with van der Waals surface area (Å²) in [4.78, 5) is 25.3. The zero-order valence-electron chi connectivity index (χ0n) is 15.6. The molecule has 0 bridgehead atoms. The van der Waals surface area contributed by atoms with E-state index in [-0.39, 0.29) is 5.91 Å². The van der Waals surface area contributed by atoms with Gasteiger partial charge in [0.1, 0.15) is 0 Å². The Morgan fingerprint density at radius 3 is 2.29 bits per heavy atom. The first-order chi connectivity index (χ1) is 13.7. The molecule has 3 aromatic rings. The molecule has 1 aliphatic heterocycles. The van der Waals surface area contributed by atoms with E-state index in [9.17, 15) is 4.79 Å². The van der Waals surface area contributed by atoms with Gasteiger partial charge in [0.2, 0.25) is 5.95 Å². The fourth-order valence-corrected chi connectivity index (χ4v) is 3.16. The molecule has 1 aromatic carbocycles. The van der Waals surface area contributed by atoms with Gasteiger partial charge in [-0.05, 0) is 36.8 Å². The Kier molecular flexibility index (Phi) is 5.09. The molecule has 0 spiro atoms. The Morgan fingerprint density at radius 1 is 0.893 bits per heavy atom. The second-order valence-electron chi connectivity index (χ2n) is 6.57. The molecule has 0 aliphatic carbocycles. The molecule has 1 saturated heterocycles. The predicted octanol–water partition coefficient (Wildman–Crippen LogP) is 2.15. The van der Waals surface area contributed by atoms with Gasteiger partial charge in [0, 0.05) is 44.1 Å². The lowest BCUT2D eigenvalue weighted by Gasteiger charge is -2.35. The van der Waals surface area contributed by atoms with Crippen LogP contribution < -0.4 is 15.1 Å². The molecule has 142 valence electrons. The molecular weight excluding hydrogens is 354 g/mol. The average Bonchev–Trinajstić information content (AvgIpc) is 2.75. The van der Waals surface area contributed by atoms with E-state index in [1.54, 1.807) is 24.5 Å². The van der Waals surface area contributed by atoms with Crippen LogP contribution >= 0.6 is 0 Å². The standard InChI is InChI=1S/C20H21N7O/c1-15-5-2-3-6-16(15)19(28)23-17-7-8-18(25-24-17)26-11-13-27(14-12-26)20-21-9-4-10-22-20/h2-10H,11-14H2,1H3,(H,23,24,28). The zero-order valence-corrected chi connectivity index (χ0v) is 15.6. The van der Waals surface area contributed by atoms with Crippen molar-refractivity contribution < 1.29 is 4.79 Å². The number of nitrogens with zero attached hydrogens (tertiary/aromatic N) is 6. The van der Waals surface area contributed by atoms with Crippen LogP contribution in [0.5, 0.6) is 0 Å². The van der Waals surface area contributed by atoms with Gasteiger partial charge < -0.3 is 15.1 Å². The third-order valence-corrected chi connectivity index (χ3v) is 4.72. The number of nitrogens with one attached hydrogen (secondary N) is 1. The summed E-state index contributed by atoms with van der Waals surface area (Å²) >= 11 is 0. The molecule has 0 radical (unpaired) electrons. The Bertz CT molecular complexity index is 938. The van der Waals surface area contributed by atoms with Crippen LogP contribution in [0.4, 0.5) is 17.6 Å². The van der Waals surface area contributed by atoms with Gasteiger partial charge in [-0.15, -0.1) is 10.2 Å². The van der Waals surface area contributed by atoms with Crippen LogP contribution in [0.25, 0.3) is 0 Å². The molecule has 0 atom stereocenters. The number of aryl methyl sites for hydroxylation is 1. The van der Waals surface area contributed by atoms with Gasteiger partial charge in [-0.2, -0.15) is 0 Å². The number of amides is 1. The number of benzene rings is 1. The van der Waals surface area contributed by atoms with E-state index in [1.165, 1.54) is 0 Å². The molecule has 1 N–H and O–H groups in total. The van der Waals surface area contributed by atoms with Gasteiger partial charge in [-0.1, -0.05) is 18.2 Å². The maximum absolute atomic E-state index is 12.4. The van der Waals surface area contributed by atoms with Crippen LogP contribution in [0.1, 0.15) is 15.9 Å². The molecule has 2 aromatic heterocycles. The van der Waals surface area contributed by atoms with Gasteiger partial charge in [0.05, 0.1) is 0 Å². The van der Waals surface area contributed by atoms with Crippen LogP contribution in [0.3, 0.4) is 0 Å². The summed E-state index contributed by atoms with van der Waals surface area (Å²) in [6.45, 7) is 5.16. The lowest BCUT2D eigenvalue weighted by molar-refractivity contribution is 0.102. The van der Waals surface area contributed by atoms with E-state index in [2.05, 4.69) is 35.3 Å². The zero-order chi connectivity index (χ0) is 19.3. The van der Waals surface area contributed by atoms with Gasteiger partial charge in [0.25, 0.3) is 5.91 Å². The molecule has 3 heterocycles. The third-order valence-electron chi connectivity index (χ3n) is 4.72. The van der Waals surface area contributed by atoms with Crippen molar-refractivity contribution in [3.63, 3.8) is 0 Å². The van der Waals surface area contributed by atoms with E-state index in [4.69, 9.17) is 0 Å². The molecule has 1 aliphatic rings. The Balaban J connectivity index is 1.36. The number of hydrogen-bond acceptors (Lipinski definition) is 7. The Labute approximate surface area is 163 Å². The molecule has 4 rings (SSSR count). The topological polar surface area (TPSA) is 87.1 Å². The predicted molar refractivity (Wildman–Crippen MR) is 108 cm³/mol. The summed E-state index contributed by atoms with van der Waals surface area (Å²) in [5, 5.41) is 11.2. The molecule has 0 saturated carbocycles. The van der Waals surface area contributed by atoms with Crippen LogP contribution in [-0.2, 0) is 0 Å². The number of hydrogen-bond donors (Lipinski definition) is 1. The summed E-state index contributed by atoms with van der Waals surface area (Å²) in [5.74, 6) is 1.80. The normalized spacial score (nSPS) is 14.0. The van der Waals surface area contributed by atoms with Crippen molar-refractivity contribution in [2.75, 3.05) is 41.3 Å². The SMILES string of the molecule is Cc1ccccc1C(=O)Nc1ccc(N2CCN(c3ncccn3)CC2)nn1. The minimum Gasteiger partial charge on any atom is -0.352 e. The first-order valence-electron chi connectivity index (χ1n) is 9.18. The van der Waals surface area contributed by atoms with E-state index < -0.39 is 0 Å². The molecule has 8 heteroatoms. The van der Waals surface area contributed by atoms with Gasteiger partial charge in [-0.25, -0.2) is 9.97 Å². The number of carbonyl (C=O) groups excluding carboxylic acids is 1. The highest BCUT2D eigenvalue weighted by molar-refractivity contribution is 6.04. The maximum atomic E-state index is 12.4. The molecule has 1 amide bonds. The highest BCUT2D eigenvalue weighted by Gasteiger charge is 2.20. The average molecular weight is 375 g/mol. The monoisotopic (exact) mass is 375 g/mol. The highest BCUT2D eigenvalue weighted by atomic mass is 16.1. The second kappa shape index (κ2) is 7.99. The van der Waals surface area contributed by atoms with Crippen LogP contribution in [0.15, 0.2) is 54.9 Å². The van der Waals surface area contributed by atoms with E-state index in [0.717, 1.165) is 43.5 Å². The molecule has 0 unspecified atom stereocenters. The lowest BCUT2D eigenvalue weighted by Crippen LogP contribution is -2.47. The number of anilines is 3. The van der Waals surface area contributed by atoms with Crippen molar-refractivity contribution in [3.8, 4) is 0 Å². The molecule has 1 fully saturated rings. The summed E-state index contributed by atoms with van der Waals surface area (Å²) in [7, 11) is 0. The van der Waals surface area contributed by atoms with Crippen LogP contribution in [-0.4, -0.2) is 52.3 Å². The van der Waals surface area contributed by atoms with E-state index >= 15 is 0 Å². The van der Waals surface area contributed by atoms with Gasteiger partial charge >= 0.3 is 0 Å². The van der Waals surface area contributed by atoms with Crippen molar-refractivity contribution in [2.24, 2.45) is 0 Å². The van der Waals surface area contributed by atoms with E-state index in [0.29, 0.717) is 11.4 Å². The fourth-order valence-electron chi connectivity index (χ4n) is 3.16. The molecule has 28 heavy (non-hydrogen) atoms. The Morgan fingerprint density at radius 2 is 1.61 bits per heavy atom. The lowest BCUT2D eigenvalue weighted by atomic mass is 10.1. The van der Waals surface area contributed by atoms with Gasteiger partial charge in [0.15, 0.2) is 11.6 Å². The van der Waals surface area contributed by atoms with E-state index in [1.807, 2.05) is 37.3 Å². The number of rotatable bonds is 4. The second-order valence-corrected chi connectivity index (χ2v) is 6.57. The first-order valence-corrected chi connectivity index (χ1v) is 9.18. The number of carbonyl (C=O) groups is 1. The summed E-state index contributed by atoms with van der Waals surface area (Å²) in [5.41, 5.74) is 1.55. The van der Waals surface area contributed by atoms with Crippen molar-refractivity contribution in [3.05, 3.63) is 66.0 Å². The van der Waals surface area contributed by atoms with Crippen molar-refractivity contribution in [1.29, 1.82) is 0 Å². The van der Waals surface area contributed by atoms with Crippen molar-refractivity contribution in [1.82, 2.24) is 20.2 Å². The minimum atomic E-state index is -0.184. The molecular formula is C20H21N7O. The Hall–Kier alpha value is -3.55. The summed E-state index contributed by atoms with van der Waals surface area (Å²) < 4.78 is 0. The van der Waals surface area contributed by atoms with Crippen LogP contribution in [0.2, 0.25) is 0 Å². The van der Waals surface area contributed by atoms with Crippen molar-refractivity contribution in [2.45, 2.75) is 6.92 Å².